The fourth-order valence-electron chi connectivity index (χ4n) is 6.30. The van der Waals surface area contributed by atoms with Crippen molar-refractivity contribution in [3.05, 3.63) is 149 Å². The molecule has 2 amide bonds. The third-order valence-electron chi connectivity index (χ3n) is 8.45. The van der Waals surface area contributed by atoms with E-state index in [4.69, 9.17) is 0 Å². The van der Waals surface area contributed by atoms with Gasteiger partial charge >= 0.3 is 0 Å². The van der Waals surface area contributed by atoms with Crippen LogP contribution in [0.5, 0.6) is 5.75 Å². The minimum absolute atomic E-state index is 0.137. The van der Waals surface area contributed by atoms with Crippen molar-refractivity contribution in [2.75, 3.05) is 0 Å². The number of aromatic amines is 1. The summed E-state index contributed by atoms with van der Waals surface area (Å²) in [6.45, 7) is 5.91. The summed E-state index contributed by atoms with van der Waals surface area (Å²) in [5.74, 6) is -0.184. The summed E-state index contributed by atoms with van der Waals surface area (Å²) in [6, 6.07) is 29.5. The highest BCUT2D eigenvalue weighted by Gasteiger charge is 2.33. The van der Waals surface area contributed by atoms with E-state index in [0.29, 0.717) is 31.7 Å². The number of phenols is 1. The minimum Gasteiger partial charge on any atom is -0.508 e. The second kappa shape index (κ2) is 11.8. The number of benzene rings is 4. The van der Waals surface area contributed by atoms with Crippen LogP contribution in [0, 0.1) is 0 Å². The van der Waals surface area contributed by atoms with Gasteiger partial charge in [0, 0.05) is 65.6 Å². The number of nitrogens with zero attached hydrogens (tertiary/aromatic N) is 1. The standard InChI is InChI=1S/C37H33N5O3/c1-2-34(44)39-20-23-6-5-7-25(16-23)22-42-15-14-26-11-10-24(17-33(26)42)19-38-21-32-35(29-8-3-4-9-31(29)40-32)36-30-18-27(43)12-13-28(30)37(45)41-36/h2-18,36,38,40,43H,1,19-22H2,(H,39,44)(H,41,45). The normalized spacial score (nSPS) is 14.0. The van der Waals surface area contributed by atoms with Crippen molar-refractivity contribution < 1.29 is 14.7 Å². The monoisotopic (exact) mass is 595 g/mol. The van der Waals surface area contributed by atoms with Crippen molar-refractivity contribution in [1.82, 2.24) is 25.5 Å². The van der Waals surface area contributed by atoms with E-state index in [2.05, 4.69) is 80.7 Å². The summed E-state index contributed by atoms with van der Waals surface area (Å²) in [5.41, 5.74) is 8.87. The number of amides is 2. The van der Waals surface area contributed by atoms with Crippen molar-refractivity contribution in [2.45, 2.75) is 32.2 Å². The number of H-pyrrole nitrogens is 1. The molecule has 7 rings (SSSR count). The average molecular weight is 596 g/mol. The Hall–Kier alpha value is -5.60. The van der Waals surface area contributed by atoms with Gasteiger partial charge in [-0.25, -0.2) is 0 Å². The van der Waals surface area contributed by atoms with Gasteiger partial charge in [0.1, 0.15) is 5.75 Å². The molecule has 8 nitrogen and oxygen atoms in total. The van der Waals surface area contributed by atoms with E-state index in [1.54, 1.807) is 18.2 Å². The molecule has 8 heteroatoms. The highest BCUT2D eigenvalue weighted by atomic mass is 16.3. The van der Waals surface area contributed by atoms with E-state index in [-0.39, 0.29) is 23.6 Å². The molecule has 0 saturated heterocycles. The number of para-hydroxylation sites is 1. The van der Waals surface area contributed by atoms with Crippen LogP contribution < -0.4 is 16.0 Å². The quantitative estimate of drug-likeness (QED) is 0.129. The molecule has 1 aliphatic rings. The molecule has 0 saturated carbocycles. The van der Waals surface area contributed by atoms with Crippen LogP contribution in [0.2, 0.25) is 0 Å². The Balaban J connectivity index is 1.09. The van der Waals surface area contributed by atoms with E-state index < -0.39 is 0 Å². The van der Waals surface area contributed by atoms with E-state index >= 15 is 0 Å². The van der Waals surface area contributed by atoms with Gasteiger partial charge in [-0.3, -0.25) is 9.59 Å². The molecule has 224 valence electrons. The molecule has 5 N–H and O–H groups in total. The molecule has 0 radical (unpaired) electrons. The first kappa shape index (κ1) is 28.2. The van der Waals surface area contributed by atoms with E-state index in [9.17, 15) is 14.7 Å². The number of aromatic nitrogens is 2. The summed E-state index contributed by atoms with van der Waals surface area (Å²) in [7, 11) is 0. The molecule has 0 spiro atoms. The predicted molar refractivity (Wildman–Crippen MR) is 176 cm³/mol. The molecule has 1 aliphatic heterocycles. The molecule has 3 heterocycles. The summed E-state index contributed by atoms with van der Waals surface area (Å²) in [4.78, 5) is 27.9. The number of phenolic OH excluding ortho intramolecular Hbond substituents is 1. The zero-order valence-electron chi connectivity index (χ0n) is 24.6. The predicted octanol–water partition coefficient (Wildman–Crippen LogP) is 5.80. The molecule has 0 aliphatic carbocycles. The number of rotatable bonds is 10. The Morgan fingerprint density at radius 3 is 2.64 bits per heavy atom. The number of carbonyl (C=O) groups excluding carboxylic acids is 2. The third kappa shape index (κ3) is 5.59. The molecule has 45 heavy (non-hydrogen) atoms. The van der Waals surface area contributed by atoms with Crippen molar-refractivity contribution >= 4 is 33.6 Å². The first-order chi connectivity index (χ1) is 22.0. The summed E-state index contributed by atoms with van der Waals surface area (Å²) in [6.07, 6.45) is 3.39. The molecule has 1 atom stereocenters. The maximum Gasteiger partial charge on any atom is 0.252 e. The molecule has 4 aromatic carbocycles. The van der Waals surface area contributed by atoms with Crippen LogP contribution >= 0.6 is 0 Å². The highest BCUT2D eigenvalue weighted by Crippen LogP contribution is 2.38. The minimum atomic E-state index is -0.357. The number of aromatic hydroxyl groups is 1. The fourth-order valence-corrected chi connectivity index (χ4v) is 6.30. The Morgan fingerprint density at radius 2 is 1.76 bits per heavy atom. The lowest BCUT2D eigenvalue weighted by Gasteiger charge is -2.15. The SMILES string of the molecule is C=CC(=O)NCc1cccc(Cn2ccc3ccc(CNCc4[nH]c5ccccc5c4C4NC(=O)c5ccc(O)cc54)cc32)c1. The van der Waals surface area contributed by atoms with Gasteiger partial charge in [-0.2, -0.15) is 0 Å². The second-order valence-electron chi connectivity index (χ2n) is 11.4. The van der Waals surface area contributed by atoms with Crippen LogP contribution in [0.3, 0.4) is 0 Å². The largest absolute Gasteiger partial charge is 0.508 e. The Kier molecular flexibility index (Phi) is 7.41. The van der Waals surface area contributed by atoms with Crippen LogP contribution in [-0.4, -0.2) is 26.5 Å². The highest BCUT2D eigenvalue weighted by molar-refractivity contribution is 6.01. The van der Waals surface area contributed by atoms with Crippen LogP contribution in [0.4, 0.5) is 0 Å². The number of carbonyl (C=O) groups is 2. The van der Waals surface area contributed by atoms with Gasteiger partial charge in [-0.05, 0) is 70.1 Å². The Labute approximate surface area is 260 Å². The van der Waals surface area contributed by atoms with Gasteiger partial charge in [0.2, 0.25) is 5.91 Å². The van der Waals surface area contributed by atoms with Gasteiger partial charge in [0.25, 0.3) is 5.91 Å². The first-order valence-electron chi connectivity index (χ1n) is 15.0. The van der Waals surface area contributed by atoms with E-state index in [1.807, 2.05) is 30.3 Å². The number of hydrogen-bond acceptors (Lipinski definition) is 4. The maximum atomic E-state index is 12.8. The number of fused-ring (bicyclic) bond motifs is 3. The average Bonchev–Trinajstić information content (AvgIpc) is 3.72. The second-order valence-corrected chi connectivity index (χ2v) is 11.4. The van der Waals surface area contributed by atoms with Crippen LogP contribution in [0.15, 0.2) is 110 Å². The Morgan fingerprint density at radius 1 is 0.911 bits per heavy atom. The number of nitrogens with one attached hydrogen (secondary N) is 4. The van der Waals surface area contributed by atoms with Gasteiger partial charge in [0.05, 0.1) is 6.04 Å². The zero-order chi connectivity index (χ0) is 30.9. The van der Waals surface area contributed by atoms with Gasteiger partial charge in [-0.15, -0.1) is 0 Å². The topological polar surface area (TPSA) is 111 Å². The third-order valence-corrected chi connectivity index (χ3v) is 8.45. The zero-order valence-corrected chi connectivity index (χ0v) is 24.6. The lowest BCUT2D eigenvalue weighted by Crippen LogP contribution is -2.22. The lowest BCUT2D eigenvalue weighted by molar-refractivity contribution is -0.116. The smallest absolute Gasteiger partial charge is 0.252 e. The summed E-state index contributed by atoms with van der Waals surface area (Å²) in [5, 5.41) is 22.0. The maximum absolute atomic E-state index is 12.8. The molecule has 0 fully saturated rings. The van der Waals surface area contributed by atoms with Gasteiger partial charge in [-0.1, -0.05) is 61.2 Å². The molecule has 6 aromatic rings. The Bertz CT molecular complexity index is 2090. The molecule has 2 aromatic heterocycles. The fraction of sp³-hybridized carbons (Fsp3) is 0.135. The van der Waals surface area contributed by atoms with Crippen molar-refractivity contribution in [1.29, 1.82) is 0 Å². The van der Waals surface area contributed by atoms with Crippen LogP contribution in [0.1, 0.15) is 49.9 Å². The molecule has 1 unspecified atom stereocenters. The summed E-state index contributed by atoms with van der Waals surface area (Å²) >= 11 is 0. The number of hydrogen-bond donors (Lipinski definition) is 5. The van der Waals surface area contributed by atoms with Gasteiger partial charge < -0.3 is 30.6 Å². The van der Waals surface area contributed by atoms with E-state index in [0.717, 1.165) is 49.9 Å². The molecule has 0 bridgehead atoms. The van der Waals surface area contributed by atoms with Crippen LogP contribution in [-0.2, 0) is 31.0 Å². The molecular weight excluding hydrogens is 562 g/mol. The molecular formula is C37H33N5O3. The first-order valence-corrected chi connectivity index (χ1v) is 15.0. The van der Waals surface area contributed by atoms with Gasteiger partial charge in [0.15, 0.2) is 0 Å². The van der Waals surface area contributed by atoms with Crippen molar-refractivity contribution in [3.63, 3.8) is 0 Å². The van der Waals surface area contributed by atoms with Crippen molar-refractivity contribution in [2.24, 2.45) is 0 Å². The van der Waals surface area contributed by atoms with E-state index in [1.165, 1.54) is 11.5 Å². The lowest BCUT2D eigenvalue weighted by atomic mass is 9.95. The van der Waals surface area contributed by atoms with Crippen LogP contribution in [0.25, 0.3) is 21.8 Å². The van der Waals surface area contributed by atoms with Crippen molar-refractivity contribution in [3.8, 4) is 5.75 Å². The summed E-state index contributed by atoms with van der Waals surface area (Å²) < 4.78 is 2.24.